The molecule has 0 aliphatic rings. The number of hydrogen-bond donors (Lipinski definition) is 4. The Morgan fingerprint density at radius 3 is 2.78 bits per heavy atom. The molecule has 1 atom stereocenters. The highest BCUT2D eigenvalue weighted by atomic mass is 32.2. The molecule has 0 heterocycles. The Balaban J connectivity index is 3.32. The van der Waals surface area contributed by atoms with E-state index in [0.717, 1.165) is 43.7 Å². The highest BCUT2D eigenvalue weighted by Crippen LogP contribution is 2.03. The first-order valence-electron chi connectivity index (χ1n) is 6.45. The zero-order valence-electron chi connectivity index (χ0n) is 11.1. The van der Waals surface area contributed by atoms with Gasteiger partial charge in [0.05, 0.1) is 5.84 Å². The first-order chi connectivity index (χ1) is 8.57. The summed E-state index contributed by atoms with van der Waals surface area (Å²) >= 11 is 1.89. The van der Waals surface area contributed by atoms with Crippen LogP contribution in [0.2, 0.25) is 0 Å². The van der Waals surface area contributed by atoms with Gasteiger partial charge in [0.15, 0.2) is 0 Å². The molecule has 0 unspecified atom stereocenters. The van der Waals surface area contributed by atoms with Crippen molar-refractivity contribution < 1.29 is 9.90 Å². The third-order valence-electron chi connectivity index (χ3n) is 2.52. The van der Waals surface area contributed by atoms with Gasteiger partial charge in [0.1, 0.15) is 6.04 Å². The van der Waals surface area contributed by atoms with Crippen molar-refractivity contribution in [2.45, 2.75) is 45.1 Å². The number of nitrogens with one attached hydrogen (secondary N) is 2. The lowest BCUT2D eigenvalue weighted by Crippen LogP contribution is -2.30. The number of amidine groups is 1. The van der Waals surface area contributed by atoms with E-state index in [1.807, 2.05) is 11.8 Å². The minimum absolute atomic E-state index is 0.498. The molecule has 0 fully saturated rings. The number of rotatable bonds is 11. The summed E-state index contributed by atoms with van der Waals surface area (Å²) in [4.78, 5) is 10.5. The van der Waals surface area contributed by atoms with Crippen LogP contribution in [0.15, 0.2) is 0 Å². The minimum atomic E-state index is -0.941. The Morgan fingerprint density at radius 2 is 2.17 bits per heavy atom. The normalized spacial score (nSPS) is 12.1. The van der Waals surface area contributed by atoms with Crippen LogP contribution in [0.4, 0.5) is 0 Å². The summed E-state index contributed by atoms with van der Waals surface area (Å²) in [6.45, 7) is 2.86. The van der Waals surface area contributed by atoms with Gasteiger partial charge in [0.25, 0.3) is 0 Å². The molecular formula is C12H25N3O2S. The lowest BCUT2D eigenvalue weighted by molar-refractivity contribution is -0.138. The molecule has 106 valence electrons. The first-order valence-corrected chi connectivity index (χ1v) is 7.60. The molecule has 0 aliphatic carbocycles. The molecule has 0 saturated carbocycles. The van der Waals surface area contributed by atoms with Crippen LogP contribution in [0.3, 0.4) is 0 Å². The summed E-state index contributed by atoms with van der Waals surface area (Å²) in [6, 6.07) is -0.754. The van der Waals surface area contributed by atoms with Crippen LogP contribution in [0.25, 0.3) is 0 Å². The number of thioether (sulfide) groups is 1. The van der Waals surface area contributed by atoms with Crippen LogP contribution in [-0.4, -0.2) is 41.0 Å². The molecule has 6 heteroatoms. The van der Waals surface area contributed by atoms with Crippen molar-refractivity contribution in [3.63, 3.8) is 0 Å². The molecule has 5 nitrogen and oxygen atoms in total. The zero-order chi connectivity index (χ0) is 13.8. The first kappa shape index (κ1) is 17.2. The molecule has 18 heavy (non-hydrogen) atoms. The van der Waals surface area contributed by atoms with Crippen LogP contribution in [0, 0.1) is 5.41 Å². The fraction of sp³-hybridized carbons (Fsp3) is 0.833. The summed E-state index contributed by atoms with van der Waals surface area (Å²) in [6.07, 6.45) is 3.96. The summed E-state index contributed by atoms with van der Waals surface area (Å²) in [5.74, 6) is 1.87. The number of carboxylic acids is 1. The van der Waals surface area contributed by atoms with Gasteiger partial charge in [-0.05, 0) is 37.2 Å². The van der Waals surface area contributed by atoms with Crippen LogP contribution in [0.5, 0.6) is 0 Å². The molecule has 0 aromatic heterocycles. The van der Waals surface area contributed by atoms with Gasteiger partial charge in [-0.25, -0.2) is 0 Å². The molecule has 0 rings (SSSR count). The number of nitrogens with two attached hydrogens (primary N) is 1. The lowest BCUT2D eigenvalue weighted by Gasteiger charge is -2.09. The Bertz CT molecular complexity index is 249. The number of unbranched alkanes of at least 4 members (excludes halogenated alkanes) is 1. The van der Waals surface area contributed by atoms with Gasteiger partial charge in [-0.2, -0.15) is 11.8 Å². The van der Waals surface area contributed by atoms with E-state index in [1.54, 1.807) is 0 Å². The van der Waals surface area contributed by atoms with Crippen molar-refractivity contribution >= 4 is 23.6 Å². The monoisotopic (exact) mass is 275 g/mol. The topological polar surface area (TPSA) is 99.2 Å². The summed E-state index contributed by atoms with van der Waals surface area (Å²) < 4.78 is 0. The van der Waals surface area contributed by atoms with Gasteiger partial charge in [-0.1, -0.05) is 6.92 Å². The van der Waals surface area contributed by atoms with Crippen LogP contribution >= 0.6 is 11.8 Å². The standard InChI is InChI=1S/C12H25N3O2S/c1-2-18-9-5-7-11(14)15-8-4-3-6-10(13)12(16)17/h10H,2-9,13H2,1H3,(H2,14,15)(H,16,17)/t10-/m0/s1. The fourth-order valence-electron chi connectivity index (χ4n) is 1.44. The molecule has 0 aliphatic heterocycles. The largest absolute Gasteiger partial charge is 0.480 e. The summed E-state index contributed by atoms with van der Waals surface area (Å²) in [5.41, 5.74) is 5.39. The van der Waals surface area contributed by atoms with E-state index in [9.17, 15) is 4.79 Å². The van der Waals surface area contributed by atoms with Gasteiger partial charge in [-0.15, -0.1) is 0 Å². The van der Waals surface area contributed by atoms with E-state index in [-0.39, 0.29) is 0 Å². The predicted octanol–water partition coefficient (Wildman–Crippen LogP) is 1.67. The second-order valence-corrected chi connectivity index (χ2v) is 5.54. The van der Waals surface area contributed by atoms with Crippen molar-refractivity contribution in [1.29, 1.82) is 5.41 Å². The van der Waals surface area contributed by atoms with Gasteiger partial charge < -0.3 is 16.2 Å². The molecule has 0 bridgehead atoms. The van der Waals surface area contributed by atoms with Crippen LogP contribution < -0.4 is 11.1 Å². The van der Waals surface area contributed by atoms with Crippen molar-refractivity contribution in [2.24, 2.45) is 5.73 Å². The fourth-order valence-corrected chi connectivity index (χ4v) is 2.07. The maximum Gasteiger partial charge on any atom is 0.320 e. The molecule has 5 N–H and O–H groups in total. The average Bonchev–Trinajstić information content (AvgIpc) is 2.33. The molecule has 0 aromatic rings. The quantitative estimate of drug-likeness (QED) is 0.261. The maximum absolute atomic E-state index is 10.5. The van der Waals surface area contributed by atoms with Crippen LogP contribution in [-0.2, 0) is 4.79 Å². The predicted molar refractivity (Wildman–Crippen MR) is 77.4 cm³/mol. The third-order valence-corrected chi connectivity index (χ3v) is 3.50. The maximum atomic E-state index is 10.5. The van der Waals surface area contributed by atoms with Crippen LogP contribution in [0.1, 0.15) is 39.0 Å². The SMILES string of the molecule is CCSCCCC(=N)NCCCC[C@H](N)C(=O)O. The average molecular weight is 275 g/mol. The Morgan fingerprint density at radius 1 is 1.44 bits per heavy atom. The number of carbonyl (C=O) groups is 1. The summed E-state index contributed by atoms with van der Waals surface area (Å²) in [5, 5.41) is 19.3. The molecule has 0 spiro atoms. The Kier molecular flexibility index (Phi) is 10.9. The molecule has 0 saturated heterocycles. The minimum Gasteiger partial charge on any atom is -0.480 e. The van der Waals surface area contributed by atoms with Crippen molar-refractivity contribution in [1.82, 2.24) is 5.32 Å². The number of carboxylic acid groups (broad SMARTS) is 1. The Labute approximate surface area is 113 Å². The third kappa shape index (κ3) is 10.4. The molecule has 0 amide bonds. The van der Waals surface area contributed by atoms with E-state index in [4.69, 9.17) is 16.2 Å². The van der Waals surface area contributed by atoms with Gasteiger partial charge >= 0.3 is 5.97 Å². The van der Waals surface area contributed by atoms with Gasteiger partial charge in [-0.3, -0.25) is 10.2 Å². The van der Waals surface area contributed by atoms with Crippen molar-refractivity contribution in [3.05, 3.63) is 0 Å². The zero-order valence-corrected chi connectivity index (χ0v) is 11.9. The molecule has 0 aromatic carbocycles. The Hall–Kier alpha value is -0.750. The smallest absolute Gasteiger partial charge is 0.320 e. The summed E-state index contributed by atoms with van der Waals surface area (Å²) in [7, 11) is 0. The molecular weight excluding hydrogens is 250 g/mol. The van der Waals surface area contributed by atoms with Crippen molar-refractivity contribution in [2.75, 3.05) is 18.1 Å². The second kappa shape index (κ2) is 11.3. The van der Waals surface area contributed by atoms with Gasteiger partial charge in [0.2, 0.25) is 0 Å². The number of hydrogen-bond acceptors (Lipinski definition) is 4. The molecule has 0 radical (unpaired) electrons. The number of aliphatic carboxylic acids is 1. The van der Waals surface area contributed by atoms with Gasteiger partial charge in [0, 0.05) is 13.0 Å². The van der Waals surface area contributed by atoms with E-state index in [1.165, 1.54) is 0 Å². The van der Waals surface area contributed by atoms with E-state index in [2.05, 4.69) is 12.2 Å². The van der Waals surface area contributed by atoms with E-state index in [0.29, 0.717) is 12.3 Å². The van der Waals surface area contributed by atoms with E-state index >= 15 is 0 Å². The van der Waals surface area contributed by atoms with E-state index < -0.39 is 12.0 Å². The van der Waals surface area contributed by atoms with Crippen molar-refractivity contribution in [3.8, 4) is 0 Å². The second-order valence-electron chi connectivity index (χ2n) is 4.15. The highest BCUT2D eigenvalue weighted by Gasteiger charge is 2.09. The highest BCUT2D eigenvalue weighted by molar-refractivity contribution is 7.99. The lowest BCUT2D eigenvalue weighted by atomic mass is 10.1.